The Kier molecular flexibility index (Phi) is 8.59. The van der Waals surface area contributed by atoms with Gasteiger partial charge < -0.3 is 54.0 Å². The maximum Gasteiger partial charge on any atom is 0.238 e. The van der Waals surface area contributed by atoms with Gasteiger partial charge in [0.1, 0.15) is 52.6 Å². The van der Waals surface area contributed by atoms with Gasteiger partial charge in [-0.2, -0.15) is 0 Å². The van der Waals surface area contributed by atoms with Crippen LogP contribution in [-0.4, -0.2) is 87.8 Å². The fourth-order valence-corrected chi connectivity index (χ4v) is 4.46. The number of fused-ring (bicyclic) bond motifs is 1. The number of hydrogen-bond donors (Lipinski definition) is 6. The number of aromatic hydroxyl groups is 2. The summed E-state index contributed by atoms with van der Waals surface area (Å²) in [4.78, 5) is 13.3. The second-order valence-corrected chi connectivity index (χ2v) is 10.2. The molecule has 0 spiro atoms. The van der Waals surface area contributed by atoms with E-state index in [9.17, 15) is 35.4 Å². The molecule has 0 saturated carbocycles. The van der Waals surface area contributed by atoms with Crippen LogP contribution in [0.2, 0.25) is 0 Å². The van der Waals surface area contributed by atoms with Gasteiger partial charge in [-0.05, 0) is 51.0 Å². The average Bonchev–Trinajstić information content (AvgIpc) is 2.94. The summed E-state index contributed by atoms with van der Waals surface area (Å²) < 4.78 is 28.1. The van der Waals surface area contributed by atoms with E-state index >= 15 is 0 Å². The van der Waals surface area contributed by atoms with Crippen LogP contribution in [0, 0.1) is 0 Å². The molecule has 0 unspecified atom stereocenters. The molecule has 6 N–H and O–H groups in total. The normalized spacial score (nSPS) is 23.4. The topological polar surface area (TPSA) is 189 Å². The number of ether oxygens (including phenoxy) is 4. The Morgan fingerprint density at radius 2 is 1.68 bits per heavy atom. The van der Waals surface area contributed by atoms with Gasteiger partial charge in [0.2, 0.25) is 17.5 Å². The minimum absolute atomic E-state index is 0.0595. The number of phenolic OH excluding ortho intramolecular Hbond substituents is 1. The zero-order valence-electron chi connectivity index (χ0n) is 22.5. The van der Waals surface area contributed by atoms with E-state index in [2.05, 4.69) is 0 Å². The number of benzene rings is 2. The zero-order valence-corrected chi connectivity index (χ0v) is 22.5. The van der Waals surface area contributed by atoms with Crippen LogP contribution in [0.4, 0.5) is 0 Å². The van der Waals surface area contributed by atoms with Gasteiger partial charge in [-0.15, -0.1) is 0 Å². The number of aliphatic hydroxyl groups excluding tert-OH is 4. The number of rotatable bonds is 9. The predicted octanol–water partition coefficient (Wildman–Crippen LogP) is 1.42. The number of hydrogen-bond acceptors (Lipinski definition) is 12. The van der Waals surface area contributed by atoms with Gasteiger partial charge in [-0.3, -0.25) is 4.79 Å². The maximum atomic E-state index is 13.3. The van der Waals surface area contributed by atoms with E-state index in [4.69, 9.17) is 23.4 Å². The second kappa shape index (κ2) is 11.6. The Hall–Kier alpha value is -3.39. The van der Waals surface area contributed by atoms with E-state index in [1.54, 1.807) is 31.4 Å². The van der Waals surface area contributed by atoms with Crippen LogP contribution in [0.1, 0.15) is 25.8 Å². The molecule has 12 heteroatoms. The van der Waals surface area contributed by atoms with Gasteiger partial charge in [-0.25, -0.2) is 0 Å². The molecule has 1 aromatic heterocycles. The highest BCUT2D eigenvalue weighted by atomic mass is 16.7. The lowest BCUT2D eigenvalue weighted by atomic mass is 9.95. The van der Waals surface area contributed by atoms with Crippen molar-refractivity contribution in [3.8, 4) is 34.3 Å². The van der Waals surface area contributed by atoms with E-state index in [-0.39, 0.29) is 34.5 Å². The predicted molar refractivity (Wildman–Crippen MR) is 142 cm³/mol. The molecule has 3 aromatic rings. The fraction of sp³-hybridized carbons (Fsp3) is 0.464. The Bertz CT molecular complexity index is 1400. The van der Waals surface area contributed by atoms with E-state index in [1.165, 1.54) is 7.11 Å². The van der Waals surface area contributed by atoms with Gasteiger partial charge >= 0.3 is 0 Å². The van der Waals surface area contributed by atoms with Crippen LogP contribution in [-0.2, 0) is 15.9 Å². The third-order valence-electron chi connectivity index (χ3n) is 7.16. The molecule has 2 aromatic carbocycles. The molecule has 1 aliphatic rings. The molecule has 218 valence electrons. The van der Waals surface area contributed by atoms with Gasteiger partial charge in [0, 0.05) is 24.3 Å². The SMILES string of the molecule is COc1ccc(-c2oc3c(CCC(C)(C)OC)c(O[C@@H]4O[C@H](CO)[C@@H](O)[C@H](O)[C@H]4O)cc(O)c3c(=O)c2O)cc1. The van der Waals surface area contributed by atoms with Crippen molar-refractivity contribution in [3.63, 3.8) is 0 Å². The molecular weight excluding hydrogens is 528 g/mol. The molecule has 1 aliphatic heterocycles. The standard InChI is InChI=1S/C28H34O12/c1-28(2,37-4)10-9-15-17(38-27-24(35)22(33)20(31)18(12-29)39-27)11-16(30)19-21(32)23(34)25(40-26(15)19)13-5-7-14(36-3)8-6-13/h5-8,11,18,20,22,24,27,29-31,33-35H,9-10,12H2,1-4H3/t18-,20-,22+,24-,27-/m1/s1. The Morgan fingerprint density at radius 3 is 2.27 bits per heavy atom. The maximum absolute atomic E-state index is 13.3. The highest BCUT2D eigenvalue weighted by Gasteiger charge is 2.45. The van der Waals surface area contributed by atoms with Gasteiger partial charge in [0.05, 0.1) is 19.3 Å². The number of methoxy groups -OCH3 is 2. The first-order valence-corrected chi connectivity index (χ1v) is 12.6. The van der Waals surface area contributed by atoms with Crippen LogP contribution in [0.15, 0.2) is 39.5 Å². The largest absolute Gasteiger partial charge is 0.507 e. The molecule has 5 atom stereocenters. The fourth-order valence-electron chi connectivity index (χ4n) is 4.46. The van der Waals surface area contributed by atoms with Crippen molar-refractivity contribution in [2.24, 2.45) is 0 Å². The molecule has 12 nitrogen and oxygen atoms in total. The minimum Gasteiger partial charge on any atom is -0.507 e. The van der Waals surface area contributed by atoms with Crippen molar-refractivity contribution < 1.29 is 54.0 Å². The van der Waals surface area contributed by atoms with Crippen molar-refractivity contribution in [3.05, 3.63) is 46.1 Å². The van der Waals surface area contributed by atoms with Crippen LogP contribution in [0.5, 0.6) is 23.0 Å². The van der Waals surface area contributed by atoms with Crippen molar-refractivity contribution in [1.82, 2.24) is 0 Å². The summed E-state index contributed by atoms with van der Waals surface area (Å²) in [6.07, 6.45) is -7.24. The lowest BCUT2D eigenvalue weighted by molar-refractivity contribution is -0.277. The summed E-state index contributed by atoms with van der Waals surface area (Å²) in [7, 11) is 3.04. The van der Waals surface area contributed by atoms with E-state index in [1.807, 2.05) is 13.8 Å². The lowest BCUT2D eigenvalue weighted by Crippen LogP contribution is -2.60. The van der Waals surface area contributed by atoms with Crippen LogP contribution >= 0.6 is 0 Å². The first-order chi connectivity index (χ1) is 18.9. The Morgan fingerprint density at radius 1 is 1.00 bits per heavy atom. The summed E-state index contributed by atoms with van der Waals surface area (Å²) in [6, 6.07) is 7.53. The third-order valence-corrected chi connectivity index (χ3v) is 7.16. The summed E-state index contributed by atoms with van der Waals surface area (Å²) in [5.41, 5.74) is -0.945. The first kappa shape index (κ1) is 29.6. The van der Waals surface area contributed by atoms with Crippen molar-refractivity contribution in [2.45, 2.75) is 63.0 Å². The average molecular weight is 563 g/mol. The molecule has 40 heavy (non-hydrogen) atoms. The van der Waals surface area contributed by atoms with E-state index in [0.717, 1.165) is 6.07 Å². The highest BCUT2D eigenvalue weighted by Crippen LogP contribution is 2.41. The Balaban J connectivity index is 1.90. The first-order valence-electron chi connectivity index (χ1n) is 12.6. The van der Waals surface area contributed by atoms with E-state index in [0.29, 0.717) is 17.7 Å². The molecule has 1 fully saturated rings. The summed E-state index contributed by atoms with van der Waals surface area (Å²) in [6.45, 7) is 3.03. The van der Waals surface area contributed by atoms with Gasteiger partial charge in [0.25, 0.3) is 0 Å². The highest BCUT2D eigenvalue weighted by molar-refractivity contribution is 5.91. The van der Waals surface area contributed by atoms with Crippen molar-refractivity contribution >= 4 is 11.0 Å². The summed E-state index contributed by atoms with van der Waals surface area (Å²) in [5, 5.41) is 61.7. The molecule has 0 amide bonds. The quantitative estimate of drug-likeness (QED) is 0.220. The number of aryl methyl sites for hydroxylation is 1. The second-order valence-electron chi connectivity index (χ2n) is 10.2. The van der Waals surface area contributed by atoms with Crippen LogP contribution in [0.3, 0.4) is 0 Å². The Labute approximate surface area is 229 Å². The van der Waals surface area contributed by atoms with Gasteiger partial charge in [0.15, 0.2) is 5.76 Å². The molecule has 2 heterocycles. The van der Waals surface area contributed by atoms with Crippen molar-refractivity contribution in [2.75, 3.05) is 20.8 Å². The van der Waals surface area contributed by atoms with Crippen LogP contribution in [0.25, 0.3) is 22.3 Å². The molecule has 0 bridgehead atoms. The number of aliphatic hydroxyl groups is 4. The lowest BCUT2D eigenvalue weighted by Gasteiger charge is -2.39. The third kappa shape index (κ3) is 5.59. The molecule has 0 radical (unpaired) electrons. The monoisotopic (exact) mass is 562 g/mol. The molecule has 1 saturated heterocycles. The summed E-state index contributed by atoms with van der Waals surface area (Å²) >= 11 is 0. The smallest absolute Gasteiger partial charge is 0.238 e. The molecule has 0 aliphatic carbocycles. The van der Waals surface area contributed by atoms with Crippen molar-refractivity contribution in [1.29, 1.82) is 0 Å². The number of phenols is 1. The van der Waals surface area contributed by atoms with Gasteiger partial charge in [-0.1, -0.05) is 0 Å². The zero-order chi connectivity index (χ0) is 29.4. The molecular formula is C28H34O12. The minimum atomic E-state index is -1.72. The summed E-state index contributed by atoms with van der Waals surface area (Å²) in [5.74, 6) is -0.956. The van der Waals surface area contributed by atoms with E-state index < -0.39 is 59.8 Å². The molecule has 4 rings (SSSR count). The van der Waals surface area contributed by atoms with Crippen LogP contribution < -0.4 is 14.9 Å².